The number of hydrogen-bond acceptors (Lipinski definition) is 8. The van der Waals surface area contributed by atoms with E-state index in [9.17, 15) is 18.0 Å². The van der Waals surface area contributed by atoms with Crippen molar-refractivity contribution in [2.45, 2.75) is 17.0 Å². The first kappa shape index (κ1) is 30.7. The summed E-state index contributed by atoms with van der Waals surface area (Å²) in [6.07, 6.45) is 2.76. The Morgan fingerprint density at radius 2 is 1.49 bits per heavy atom. The Hall–Kier alpha value is -3.74. The van der Waals surface area contributed by atoms with Crippen molar-refractivity contribution in [2.24, 2.45) is 0 Å². The van der Waals surface area contributed by atoms with Crippen molar-refractivity contribution in [3.05, 3.63) is 117 Å². The highest BCUT2D eigenvalue weighted by atomic mass is 35.5. The minimum Gasteiger partial charge on any atom is -0.467 e. The van der Waals surface area contributed by atoms with Crippen LogP contribution in [0.25, 0.3) is 10.1 Å². The summed E-state index contributed by atoms with van der Waals surface area (Å²) in [6, 6.07) is 18.1. The summed E-state index contributed by atoms with van der Waals surface area (Å²) in [5.74, 6) is -2.23. The first-order valence-electron chi connectivity index (χ1n) is 12.5. The predicted molar refractivity (Wildman–Crippen MR) is 168 cm³/mol. The average Bonchev–Trinajstić information content (AvgIpc) is 3.47. The molecule has 0 unspecified atom stereocenters. The minimum atomic E-state index is -4.29. The maximum absolute atomic E-state index is 13.8. The van der Waals surface area contributed by atoms with E-state index < -0.39 is 33.9 Å². The Morgan fingerprint density at radius 3 is 2.09 bits per heavy atom. The van der Waals surface area contributed by atoms with Gasteiger partial charge in [0, 0.05) is 27.2 Å². The normalized spacial score (nSPS) is 12.2. The molecule has 0 aliphatic rings. The van der Waals surface area contributed by atoms with Crippen LogP contribution in [0.2, 0.25) is 15.1 Å². The topological polar surface area (TPSA) is 127 Å². The van der Waals surface area contributed by atoms with Crippen LogP contribution in [0.15, 0.2) is 90.2 Å². The Morgan fingerprint density at radius 1 is 0.884 bits per heavy atom. The van der Waals surface area contributed by atoms with Crippen LogP contribution in [-0.2, 0) is 19.6 Å². The predicted octanol–water partition coefficient (Wildman–Crippen LogP) is 6.56. The van der Waals surface area contributed by atoms with Crippen LogP contribution in [0.1, 0.15) is 27.4 Å². The lowest BCUT2D eigenvalue weighted by molar-refractivity contribution is -0.143. The summed E-state index contributed by atoms with van der Waals surface area (Å²) < 4.78 is 39.1. The summed E-state index contributed by atoms with van der Waals surface area (Å²) in [6.45, 7) is 0. The highest BCUT2D eigenvalue weighted by molar-refractivity contribution is 7.92. The summed E-state index contributed by atoms with van der Waals surface area (Å²) in [5, 5.41) is 3.94. The quantitative estimate of drug-likeness (QED) is 0.170. The Bertz CT molecular complexity index is 1870. The van der Waals surface area contributed by atoms with Gasteiger partial charge in [0.25, 0.3) is 15.9 Å². The molecule has 14 heteroatoms. The Balaban J connectivity index is 1.53. The summed E-state index contributed by atoms with van der Waals surface area (Å²) in [4.78, 5) is 31.1. The second-order valence-corrected chi connectivity index (χ2v) is 12.9. The molecule has 2 aromatic heterocycles. The molecule has 0 fully saturated rings. The standard InChI is InChI=1S/C29H21Cl3N4O5S2/c1-41-29(38)26(25(16-2-6-18(30)7-3-16)17-4-8-19(31)9-5-17)35-27(37)21-11-10-20(32)14-23(21)36-43(39,40)28-22-15-34-42-24(22)12-13-33-28/h2-15,25-26,36H,1H3,(H,35,37)/t26-/m0/s1. The molecule has 0 aliphatic heterocycles. The van der Waals surface area contributed by atoms with Gasteiger partial charge in [0.2, 0.25) is 0 Å². The summed E-state index contributed by atoms with van der Waals surface area (Å²) >= 11 is 19.6. The third kappa shape index (κ3) is 6.76. The number of nitrogens with zero attached hydrogens (tertiary/aromatic N) is 2. The molecule has 5 rings (SSSR count). The molecule has 9 nitrogen and oxygen atoms in total. The van der Waals surface area contributed by atoms with Crippen molar-refractivity contribution < 1.29 is 22.7 Å². The zero-order chi connectivity index (χ0) is 30.7. The minimum absolute atomic E-state index is 0.0940. The van der Waals surface area contributed by atoms with E-state index in [4.69, 9.17) is 39.5 Å². The second-order valence-electron chi connectivity index (χ2n) is 9.20. The molecular formula is C29H21Cl3N4O5S2. The third-order valence-electron chi connectivity index (χ3n) is 6.50. The molecule has 0 saturated carbocycles. The highest BCUT2D eigenvalue weighted by Crippen LogP contribution is 2.32. The molecule has 5 aromatic rings. The fourth-order valence-corrected chi connectivity index (χ4v) is 6.86. The molecule has 0 spiro atoms. The van der Waals surface area contributed by atoms with Gasteiger partial charge in [-0.25, -0.2) is 9.78 Å². The molecule has 2 N–H and O–H groups in total. The third-order valence-corrected chi connectivity index (χ3v) is 9.33. The van der Waals surface area contributed by atoms with Crippen LogP contribution in [0.4, 0.5) is 5.69 Å². The van der Waals surface area contributed by atoms with Crippen LogP contribution in [0.3, 0.4) is 0 Å². The van der Waals surface area contributed by atoms with Crippen molar-refractivity contribution >= 4 is 84.0 Å². The maximum Gasteiger partial charge on any atom is 0.329 e. The number of methoxy groups -OCH3 is 1. The molecule has 220 valence electrons. The van der Waals surface area contributed by atoms with Crippen molar-refractivity contribution in [3.63, 3.8) is 0 Å². The molecule has 43 heavy (non-hydrogen) atoms. The van der Waals surface area contributed by atoms with Gasteiger partial charge in [0.05, 0.1) is 34.6 Å². The number of sulfonamides is 1. The number of fused-ring (bicyclic) bond motifs is 1. The van der Waals surface area contributed by atoms with Gasteiger partial charge < -0.3 is 10.1 Å². The number of esters is 1. The van der Waals surface area contributed by atoms with E-state index in [1.165, 1.54) is 37.7 Å². The van der Waals surface area contributed by atoms with Crippen LogP contribution < -0.4 is 10.0 Å². The highest BCUT2D eigenvalue weighted by Gasteiger charge is 2.34. The maximum atomic E-state index is 13.8. The molecular weight excluding hydrogens is 655 g/mol. The monoisotopic (exact) mass is 674 g/mol. The number of ether oxygens (including phenoxy) is 1. The van der Waals surface area contributed by atoms with E-state index >= 15 is 0 Å². The number of halogens is 3. The largest absolute Gasteiger partial charge is 0.467 e. The molecule has 1 amide bonds. The zero-order valence-corrected chi connectivity index (χ0v) is 26.0. The second kappa shape index (κ2) is 12.9. The molecule has 1 atom stereocenters. The van der Waals surface area contributed by atoms with E-state index in [1.54, 1.807) is 54.6 Å². The Kier molecular flexibility index (Phi) is 9.19. The molecule has 0 radical (unpaired) electrons. The van der Waals surface area contributed by atoms with Gasteiger partial charge in [-0.15, -0.1) is 0 Å². The number of nitrogens with one attached hydrogen (secondary N) is 2. The zero-order valence-electron chi connectivity index (χ0n) is 22.1. The first-order valence-corrected chi connectivity index (χ1v) is 15.9. The molecule has 3 aromatic carbocycles. The van der Waals surface area contributed by atoms with Crippen molar-refractivity contribution in [2.75, 3.05) is 11.8 Å². The van der Waals surface area contributed by atoms with Gasteiger partial charge in [0.1, 0.15) is 6.04 Å². The van der Waals surface area contributed by atoms with Gasteiger partial charge in [-0.2, -0.15) is 12.8 Å². The first-order chi connectivity index (χ1) is 20.6. The summed E-state index contributed by atoms with van der Waals surface area (Å²) in [7, 11) is -3.09. The fourth-order valence-electron chi connectivity index (χ4n) is 4.52. The van der Waals surface area contributed by atoms with Gasteiger partial charge in [0.15, 0.2) is 5.03 Å². The van der Waals surface area contributed by atoms with Crippen molar-refractivity contribution in [1.29, 1.82) is 0 Å². The lowest BCUT2D eigenvalue weighted by atomic mass is 9.84. The molecule has 0 bridgehead atoms. The van der Waals surface area contributed by atoms with Crippen LogP contribution in [-0.4, -0.2) is 42.8 Å². The van der Waals surface area contributed by atoms with E-state index in [0.29, 0.717) is 31.3 Å². The van der Waals surface area contributed by atoms with E-state index in [1.807, 2.05) is 0 Å². The summed E-state index contributed by atoms with van der Waals surface area (Å²) in [5.41, 5.74) is 1.10. The number of carbonyl (C=O) groups is 2. The van der Waals surface area contributed by atoms with Gasteiger partial charge in [-0.1, -0.05) is 59.1 Å². The number of pyridine rings is 1. The van der Waals surface area contributed by atoms with Crippen molar-refractivity contribution in [1.82, 2.24) is 14.7 Å². The number of carbonyl (C=O) groups excluding carboxylic acids is 2. The van der Waals surface area contributed by atoms with Crippen LogP contribution >= 0.6 is 46.3 Å². The number of amides is 1. The molecule has 0 aliphatic carbocycles. The van der Waals surface area contributed by atoms with E-state index in [2.05, 4.69) is 19.4 Å². The number of aromatic nitrogens is 2. The van der Waals surface area contributed by atoms with Gasteiger partial charge >= 0.3 is 5.97 Å². The lowest BCUT2D eigenvalue weighted by Crippen LogP contribution is -2.46. The van der Waals surface area contributed by atoms with Crippen LogP contribution in [0.5, 0.6) is 0 Å². The number of benzene rings is 3. The van der Waals surface area contributed by atoms with Gasteiger partial charge in [-0.05, 0) is 71.2 Å². The smallest absolute Gasteiger partial charge is 0.329 e. The number of anilines is 1. The average molecular weight is 676 g/mol. The number of rotatable bonds is 9. The number of hydrogen-bond donors (Lipinski definition) is 2. The lowest BCUT2D eigenvalue weighted by Gasteiger charge is -2.27. The SMILES string of the molecule is COC(=O)[C@@H](NC(=O)c1ccc(Cl)cc1NS(=O)(=O)c1nccc2sncc12)C(c1ccc(Cl)cc1)c1ccc(Cl)cc1. The molecule has 0 saturated heterocycles. The van der Waals surface area contributed by atoms with Crippen molar-refractivity contribution in [3.8, 4) is 0 Å². The van der Waals surface area contributed by atoms with E-state index in [0.717, 1.165) is 11.5 Å². The Labute approximate surface area is 266 Å². The molecule has 2 heterocycles. The fraction of sp³-hybridized carbons (Fsp3) is 0.103. The van der Waals surface area contributed by atoms with Crippen LogP contribution in [0, 0.1) is 0 Å². The van der Waals surface area contributed by atoms with Gasteiger partial charge in [-0.3, -0.25) is 9.52 Å². The van der Waals surface area contributed by atoms with E-state index in [-0.39, 0.29) is 21.3 Å².